The number of hydrogen-bond acceptors (Lipinski definition) is 2. The van der Waals surface area contributed by atoms with Gasteiger partial charge >= 0.3 is 6.03 Å². The van der Waals surface area contributed by atoms with Crippen molar-refractivity contribution in [2.24, 2.45) is 5.92 Å². The van der Waals surface area contributed by atoms with Gasteiger partial charge < -0.3 is 15.5 Å². The molecule has 2 aliphatic carbocycles. The van der Waals surface area contributed by atoms with E-state index in [4.69, 9.17) is 0 Å². The van der Waals surface area contributed by atoms with Crippen molar-refractivity contribution in [1.82, 2.24) is 4.90 Å². The average Bonchev–Trinajstić information content (AvgIpc) is 3.40. The van der Waals surface area contributed by atoms with Gasteiger partial charge in [0.25, 0.3) is 0 Å². The molecule has 0 unspecified atom stereocenters. The molecule has 2 saturated carbocycles. The van der Waals surface area contributed by atoms with Crippen LogP contribution in [0.1, 0.15) is 51.9 Å². The number of benzene rings is 1. The number of nitrogens with zero attached hydrogens (tertiary/aromatic N) is 1. The molecule has 1 aromatic carbocycles. The summed E-state index contributed by atoms with van der Waals surface area (Å²) in [5.41, 5.74) is 0.573. The lowest BCUT2D eigenvalue weighted by molar-refractivity contribution is -0.114. The summed E-state index contributed by atoms with van der Waals surface area (Å²) in [5, 5.41) is 5.33. The van der Waals surface area contributed by atoms with E-state index in [1.165, 1.54) is 57.2 Å². The van der Waals surface area contributed by atoms with Crippen LogP contribution >= 0.6 is 0 Å². The quantitative estimate of drug-likeness (QED) is 0.831. The number of anilines is 2. The Hall–Kier alpha value is -2.11. The van der Waals surface area contributed by atoms with Gasteiger partial charge in [-0.3, -0.25) is 4.79 Å². The van der Waals surface area contributed by atoms with E-state index >= 15 is 0 Å². The van der Waals surface area contributed by atoms with Crippen LogP contribution in [0.5, 0.6) is 0 Å². The van der Waals surface area contributed by atoms with E-state index in [0.29, 0.717) is 17.6 Å². The maximum absolute atomic E-state index is 13.8. The molecule has 0 spiro atoms. The molecule has 2 aliphatic rings. The van der Waals surface area contributed by atoms with Gasteiger partial charge in [-0.05, 0) is 49.8 Å². The molecule has 0 aromatic heterocycles. The average molecular weight is 347 g/mol. The number of nitrogens with one attached hydrogen (secondary N) is 2. The summed E-state index contributed by atoms with van der Waals surface area (Å²) in [5.74, 6) is -0.244. The Kier molecular flexibility index (Phi) is 5.56. The molecule has 2 fully saturated rings. The molecule has 2 N–H and O–H groups in total. The van der Waals surface area contributed by atoms with Gasteiger partial charge in [0.15, 0.2) is 0 Å². The highest BCUT2D eigenvalue weighted by Gasteiger charge is 2.32. The third-order valence-electron chi connectivity index (χ3n) is 4.96. The van der Waals surface area contributed by atoms with Crippen LogP contribution in [0.4, 0.5) is 20.6 Å². The molecule has 5 nitrogen and oxygen atoms in total. The first-order chi connectivity index (χ1) is 12.0. The van der Waals surface area contributed by atoms with Crippen LogP contribution in [0, 0.1) is 11.7 Å². The Labute approximate surface area is 148 Å². The van der Waals surface area contributed by atoms with Crippen molar-refractivity contribution in [3.05, 3.63) is 24.0 Å². The smallest absolute Gasteiger partial charge is 0.322 e. The maximum Gasteiger partial charge on any atom is 0.322 e. The molecule has 0 heterocycles. The van der Waals surface area contributed by atoms with Crippen LogP contribution in [0.3, 0.4) is 0 Å². The number of carbonyl (C=O) groups excluding carboxylic acids is 2. The lowest BCUT2D eigenvalue weighted by Crippen LogP contribution is -2.45. The predicted octanol–water partition coefficient (Wildman–Crippen LogP) is 4.36. The standard InChI is InChI=1S/C19H26FN3O2/c1-13(24)21-18-11-15(9-10-17(18)20)22-19(25)23(12-14-7-8-14)16-5-3-2-4-6-16/h9-11,14,16H,2-8,12H2,1H3,(H,21,24)(H,22,25). The first-order valence-electron chi connectivity index (χ1n) is 9.17. The maximum atomic E-state index is 13.8. The minimum Gasteiger partial charge on any atom is -0.324 e. The van der Waals surface area contributed by atoms with Gasteiger partial charge in [-0.1, -0.05) is 19.3 Å². The van der Waals surface area contributed by atoms with Gasteiger partial charge in [-0.15, -0.1) is 0 Å². The van der Waals surface area contributed by atoms with Crippen LogP contribution in [0.2, 0.25) is 0 Å². The van der Waals surface area contributed by atoms with Crippen molar-refractivity contribution >= 4 is 23.3 Å². The first-order valence-corrected chi connectivity index (χ1v) is 9.17. The summed E-state index contributed by atoms with van der Waals surface area (Å²) >= 11 is 0. The lowest BCUT2D eigenvalue weighted by Gasteiger charge is -2.34. The van der Waals surface area contributed by atoms with Crippen LogP contribution in [-0.2, 0) is 4.79 Å². The monoisotopic (exact) mass is 347 g/mol. The van der Waals surface area contributed by atoms with Crippen LogP contribution in [0.15, 0.2) is 18.2 Å². The van der Waals surface area contributed by atoms with E-state index < -0.39 is 5.82 Å². The van der Waals surface area contributed by atoms with Gasteiger partial charge in [0.05, 0.1) is 5.69 Å². The van der Waals surface area contributed by atoms with Crippen LogP contribution < -0.4 is 10.6 Å². The number of halogens is 1. The molecule has 0 aliphatic heterocycles. The molecule has 0 saturated heterocycles. The number of rotatable bonds is 5. The molecule has 136 valence electrons. The number of amides is 3. The zero-order chi connectivity index (χ0) is 17.8. The fraction of sp³-hybridized carbons (Fsp3) is 0.579. The Morgan fingerprint density at radius 1 is 1.12 bits per heavy atom. The van der Waals surface area contributed by atoms with E-state index in [9.17, 15) is 14.0 Å². The summed E-state index contributed by atoms with van der Waals surface area (Å²) in [4.78, 5) is 26.0. The fourth-order valence-corrected chi connectivity index (χ4v) is 3.45. The molecule has 0 bridgehead atoms. The number of hydrogen-bond donors (Lipinski definition) is 2. The molecule has 3 rings (SSSR count). The SMILES string of the molecule is CC(=O)Nc1cc(NC(=O)N(CC2CC2)C2CCCCC2)ccc1F. The first kappa shape index (κ1) is 17.7. The molecule has 6 heteroatoms. The highest BCUT2D eigenvalue weighted by atomic mass is 19.1. The third kappa shape index (κ3) is 4.94. The number of carbonyl (C=O) groups is 2. The summed E-state index contributed by atoms with van der Waals surface area (Å²) in [7, 11) is 0. The molecule has 25 heavy (non-hydrogen) atoms. The summed E-state index contributed by atoms with van der Waals surface area (Å²) in [6.07, 6.45) is 8.08. The molecular formula is C19H26FN3O2. The highest BCUT2D eigenvalue weighted by Crippen LogP contribution is 2.33. The fourth-order valence-electron chi connectivity index (χ4n) is 3.45. The Morgan fingerprint density at radius 3 is 2.48 bits per heavy atom. The van der Waals surface area contributed by atoms with E-state index in [0.717, 1.165) is 19.4 Å². The lowest BCUT2D eigenvalue weighted by atomic mass is 9.94. The van der Waals surface area contributed by atoms with Gasteiger partial charge in [-0.2, -0.15) is 0 Å². The van der Waals surface area contributed by atoms with E-state index in [2.05, 4.69) is 10.6 Å². The van der Waals surface area contributed by atoms with Gasteiger partial charge in [0.2, 0.25) is 5.91 Å². The summed E-state index contributed by atoms with van der Waals surface area (Å²) < 4.78 is 13.8. The van der Waals surface area contributed by atoms with Crippen molar-refractivity contribution in [1.29, 1.82) is 0 Å². The Morgan fingerprint density at radius 2 is 1.84 bits per heavy atom. The van der Waals surface area contributed by atoms with Gasteiger partial charge in [0.1, 0.15) is 5.82 Å². The summed E-state index contributed by atoms with van der Waals surface area (Å²) in [6, 6.07) is 4.41. The third-order valence-corrected chi connectivity index (χ3v) is 4.96. The second-order valence-corrected chi connectivity index (χ2v) is 7.19. The predicted molar refractivity (Wildman–Crippen MR) is 96.0 cm³/mol. The zero-order valence-electron chi connectivity index (χ0n) is 14.7. The number of urea groups is 1. The van der Waals surface area contributed by atoms with E-state index in [1.54, 1.807) is 0 Å². The molecule has 3 amide bonds. The largest absolute Gasteiger partial charge is 0.324 e. The second kappa shape index (κ2) is 7.85. The Balaban J connectivity index is 1.70. The van der Waals surface area contributed by atoms with Crippen molar-refractivity contribution < 1.29 is 14.0 Å². The van der Waals surface area contributed by atoms with Crippen LogP contribution in [0.25, 0.3) is 0 Å². The minimum atomic E-state index is -0.518. The van der Waals surface area contributed by atoms with Crippen molar-refractivity contribution in [3.63, 3.8) is 0 Å². The Bertz CT molecular complexity index is 640. The van der Waals surface area contributed by atoms with E-state index in [-0.39, 0.29) is 17.6 Å². The minimum absolute atomic E-state index is 0.0803. The molecule has 0 radical (unpaired) electrons. The van der Waals surface area contributed by atoms with Gasteiger partial charge in [-0.25, -0.2) is 9.18 Å². The molecule has 0 atom stereocenters. The molecular weight excluding hydrogens is 321 g/mol. The topological polar surface area (TPSA) is 61.4 Å². The van der Waals surface area contributed by atoms with Crippen molar-refractivity contribution in [2.75, 3.05) is 17.2 Å². The zero-order valence-corrected chi connectivity index (χ0v) is 14.7. The van der Waals surface area contributed by atoms with E-state index in [1.807, 2.05) is 4.90 Å². The normalized spacial score (nSPS) is 17.8. The highest BCUT2D eigenvalue weighted by molar-refractivity contribution is 5.92. The van der Waals surface area contributed by atoms with Crippen molar-refractivity contribution in [2.45, 2.75) is 57.9 Å². The van der Waals surface area contributed by atoms with Gasteiger partial charge in [0, 0.05) is 25.2 Å². The van der Waals surface area contributed by atoms with Crippen LogP contribution in [-0.4, -0.2) is 29.4 Å². The summed E-state index contributed by atoms with van der Waals surface area (Å²) in [6.45, 7) is 2.13. The molecule has 1 aromatic rings. The van der Waals surface area contributed by atoms with Crippen molar-refractivity contribution in [3.8, 4) is 0 Å². The second-order valence-electron chi connectivity index (χ2n) is 7.19.